The minimum Gasteiger partial charge on any atom is -0.503 e. The topological polar surface area (TPSA) is 186 Å². The molecule has 3 unspecified atom stereocenters. The van der Waals surface area contributed by atoms with Crippen molar-refractivity contribution in [3.8, 4) is 17.2 Å². The molecule has 1 aliphatic carbocycles. The third-order valence-electron chi connectivity index (χ3n) is 11.1. The van der Waals surface area contributed by atoms with Crippen LogP contribution in [-0.2, 0) is 24.9 Å². The summed E-state index contributed by atoms with van der Waals surface area (Å²) in [6.45, 7) is 2.96. The van der Waals surface area contributed by atoms with Crippen LogP contribution < -0.4 is 21.5 Å². The average Bonchev–Trinajstić information content (AvgIpc) is 3.70. The molecule has 2 amide bonds. The van der Waals surface area contributed by atoms with Gasteiger partial charge in [-0.05, 0) is 99.5 Å². The SMILES string of the molecule is Cc1cn2c3nc(ccc13)CCCCNC(=O)c1nn(cc(O)c1=O)CC21CCC(C2CCc3ccccc3-n3cc(O)c(=O)c(n3)C(=O)NC2)C1. The summed E-state index contributed by atoms with van der Waals surface area (Å²) in [6, 6.07) is 11.8. The Labute approximate surface area is 298 Å². The van der Waals surface area contributed by atoms with E-state index in [9.17, 15) is 29.4 Å². The molecular weight excluding hydrogens is 664 g/mol. The molecule has 6 bridgehead atoms. The number of pyridine rings is 1. The van der Waals surface area contributed by atoms with Crippen molar-refractivity contribution >= 4 is 22.8 Å². The van der Waals surface area contributed by atoms with Gasteiger partial charge in [0.25, 0.3) is 22.7 Å². The number of fused-ring (bicyclic) bond motifs is 8. The van der Waals surface area contributed by atoms with E-state index < -0.39 is 39.7 Å². The third kappa shape index (κ3) is 5.91. The van der Waals surface area contributed by atoms with Gasteiger partial charge in [-0.2, -0.15) is 10.2 Å². The van der Waals surface area contributed by atoms with Crippen molar-refractivity contribution in [2.75, 3.05) is 13.1 Å². The smallest absolute Gasteiger partial charge is 0.275 e. The molecular formula is C38H40N8O6. The van der Waals surface area contributed by atoms with Crippen LogP contribution >= 0.6 is 0 Å². The number of nitrogens with one attached hydrogen (secondary N) is 2. The van der Waals surface area contributed by atoms with Gasteiger partial charge >= 0.3 is 0 Å². The highest BCUT2D eigenvalue weighted by molar-refractivity contribution is 5.92. The number of nitrogens with zero attached hydrogens (tertiary/aromatic N) is 6. The molecule has 1 saturated carbocycles. The number of hydrogen-bond acceptors (Lipinski definition) is 9. The fraction of sp³-hybridized carbons (Fsp3) is 0.395. The highest BCUT2D eigenvalue weighted by Crippen LogP contribution is 2.47. The third-order valence-corrected chi connectivity index (χ3v) is 11.1. The van der Waals surface area contributed by atoms with Gasteiger partial charge in [-0.1, -0.05) is 18.2 Å². The second kappa shape index (κ2) is 13.1. The highest BCUT2D eigenvalue weighted by atomic mass is 16.3. The predicted molar refractivity (Wildman–Crippen MR) is 191 cm³/mol. The first-order chi connectivity index (χ1) is 25.1. The molecule has 3 aliphatic rings. The van der Waals surface area contributed by atoms with Crippen molar-refractivity contribution in [1.82, 2.24) is 39.7 Å². The molecule has 3 atom stereocenters. The largest absolute Gasteiger partial charge is 0.503 e. The van der Waals surface area contributed by atoms with Crippen molar-refractivity contribution in [2.24, 2.45) is 11.8 Å². The summed E-state index contributed by atoms with van der Waals surface area (Å²) in [4.78, 5) is 57.5. The van der Waals surface area contributed by atoms with E-state index in [1.165, 1.54) is 21.8 Å². The van der Waals surface area contributed by atoms with Crippen LogP contribution in [0.3, 0.4) is 0 Å². The number of rotatable bonds is 1. The van der Waals surface area contributed by atoms with Crippen LogP contribution in [0, 0.1) is 18.8 Å². The van der Waals surface area contributed by atoms with E-state index >= 15 is 0 Å². The maximum Gasteiger partial charge on any atom is 0.275 e. The van der Waals surface area contributed by atoms with Gasteiger partial charge in [0.1, 0.15) is 5.65 Å². The second-order valence-corrected chi connectivity index (χ2v) is 14.5. The fourth-order valence-corrected chi connectivity index (χ4v) is 8.41. The summed E-state index contributed by atoms with van der Waals surface area (Å²) >= 11 is 0. The Morgan fingerprint density at radius 2 is 1.60 bits per heavy atom. The Hall–Kier alpha value is -5.79. The van der Waals surface area contributed by atoms with E-state index in [0.717, 1.165) is 53.5 Å². The molecule has 14 heteroatoms. The summed E-state index contributed by atoms with van der Waals surface area (Å²) in [7, 11) is 0. The lowest BCUT2D eigenvalue weighted by Gasteiger charge is -2.34. The molecule has 0 radical (unpaired) electrons. The van der Waals surface area contributed by atoms with E-state index in [-0.39, 0.29) is 36.3 Å². The van der Waals surface area contributed by atoms with Crippen LogP contribution in [0.15, 0.2) is 64.6 Å². The van der Waals surface area contributed by atoms with E-state index in [2.05, 4.69) is 50.7 Å². The Kier molecular flexibility index (Phi) is 8.39. The van der Waals surface area contributed by atoms with Gasteiger partial charge in [-0.3, -0.25) is 23.9 Å². The second-order valence-electron chi connectivity index (χ2n) is 14.5. The lowest BCUT2D eigenvalue weighted by molar-refractivity contribution is 0.0925. The number of aromatic nitrogens is 6. The Morgan fingerprint density at radius 1 is 0.827 bits per heavy atom. The Balaban J connectivity index is 1.21. The molecule has 0 saturated heterocycles. The summed E-state index contributed by atoms with van der Waals surface area (Å²) in [5.74, 6) is -2.30. The predicted octanol–water partition coefficient (Wildman–Crippen LogP) is 3.11. The van der Waals surface area contributed by atoms with E-state index in [4.69, 9.17) is 4.98 Å². The van der Waals surface area contributed by atoms with E-state index in [1.54, 1.807) is 0 Å². The lowest BCUT2D eigenvalue weighted by Crippen LogP contribution is -2.39. The van der Waals surface area contributed by atoms with Gasteiger partial charge < -0.3 is 25.4 Å². The van der Waals surface area contributed by atoms with Gasteiger partial charge in [0.05, 0.1) is 30.2 Å². The summed E-state index contributed by atoms with van der Waals surface area (Å²) in [6.07, 6.45) is 10.4. The number of para-hydroxylation sites is 1. The van der Waals surface area contributed by atoms with Crippen LogP contribution in [0.2, 0.25) is 0 Å². The zero-order valence-electron chi connectivity index (χ0n) is 28.8. The molecule has 4 N–H and O–H groups in total. The monoisotopic (exact) mass is 704 g/mol. The van der Waals surface area contributed by atoms with E-state index in [1.807, 2.05) is 24.3 Å². The number of benzene rings is 1. The maximum atomic E-state index is 13.4. The van der Waals surface area contributed by atoms with Gasteiger partial charge in [-0.25, -0.2) is 9.67 Å². The van der Waals surface area contributed by atoms with Crippen molar-refractivity contribution in [3.63, 3.8) is 0 Å². The minimum absolute atomic E-state index is 0.0126. The molecule has 14 nitrogen and oxygen atoms in total. The molecule has 2 aliphatic heterocycles. The highest BCUT2D eigenvalue weighted by Gasteiger charge is 2.45. The first-order valence-electron chi connectivity index (χ1n) is 17.9. The van der Waals surface area contributed by atoms with Crippen LogP contribution in [0.5, 0.6) is 11.5 Å². The van der Waals surface area contributed by atoms with Gasteiger partial charge in [-0.15, -0.1) is 0 Å². The van der Waals surface area contributed by atoms with Crippen molar-refractivity contribution < 1.29 is 19.8 Å². The molecule has 1 aromatic carbocycles. The summed E-state index contributed by atoms with van der Waals surface area (Å²) in [5, 5.41) is 36.8. The normalized spacial score (nSPS) is 22.2. The Bertz CT molecular complexity index is 2360. The standard InChI is InChI=1S/C38H40N8O6/c1-22-18-45-35-27(22)12-11-26(41-35)7-4-5-15-39-36(51)31-33(49)29(47)19-44(42-31)21-38(45)14-13-24(16-38)25-10-9-23-6-2-3-8-28(23)46-20-30(48)34(50)32(43-46)37(52)40-17-25/h2-3,6,8,11-12,18-20,24-25,47-48H,4-5,7,9-10,13-17,21H2,1H3,(H,39,51)(H,40,52). The molecule has 268 valence electrons. The number of carbonyl (C=O) groups excluding carboxylic acids is 2. The number of hydrogen-bond donors (Lipinski definition) is 4. The molecule has 1 spiro atoms. The van der Waals surface area contributed by atoms with Crippen molar-refractivity contribution in [2.45, 2.75) is 70.4 Å². The Morgan fingerprint density at radius 3 is 2.44 bits per heavy atom. The van der Waals surface area contributed by atoms with Gasteiger partial charge in [0, 0.05) is 30.4 Å². The number of aromatic hydroxyl groups is 2. The lowest BCUT2D eigenvalue weighted by atomic mass is 9.83. The number of amides is 2. The van der Waals surface area contributed by atoms with Crippen LogP contribution in [-0.4, -0.2) is 64.2 Å². The van der Waals surface area contributed by atoms with Gasteiger partial charge in [0.2, 0.25) is 0 Å². The molecule has 6 heterocycles. The zero-order valence-corrected chi connectivity index (χ0v) is 28.8. The zero-order chi connectivity index (χ0) is 36.1. The van der Waals surface area contributed by atoms with Crippen LogP contribution in [0.4, 0.5) is 0 Å². The minimum atomic E-state index is -0.830. The maximum absolute atomic E-state index is 13.4. The molecule has 4 aromatic heterocycles. The summed E-state index contributed by atoms with van der Waals surface area (Å²) in [5.41, 5.74) is 1.51. The molecule has 52 heavy (non-hydrogen) atoms. The van der Waals surface area contributed by atoms with E-state index in [0.29, 0.717) is 37.9 Å². The quantitative estimate of drug-likeness (QED) is 0.204. The first kappa shape index (κ1) is 33.4. The number of aryl methyl sites for hydroxylation is 3. The average molecular weight is 705 g/mol. The fourth-order valence-electron chi connectivity index (χ4n) is 8.41. The van der Waals surface area contributed by atoms with Crippen LogP contribution in [0.25, 0.3) is 16.7 Å². The molecule has 8 rings (SSSR count). The van der Waals surface area contributed by atoms with Crippen molar-refractivity contribution in [3.05, 3.63) is 104 Å². The first-order valence-corrected chi connectivity index (χ1v) is 17.9. The number of carbonyl (C=O) groups is 2. The molecule has 5 aromatic rings. The van der Waals surface area contributed by atoms with Gasteiger partial charge in [0.15, 0.2) is 22.9 Å². The molecule has 1 fully saturated rings. The van der Waals surface area contributed by atoms with Crippen molar-refractivity contribution in [1.29, 1.82) is 0 Å². The van der Waals surface area contributed by atoms with Crippen LogP contribution in [0.1, 0.15) is 76.3 Å². The summed E-state index contributed by atoms with van der Waals surface area (Å²) < 4.78 is 5.13.